The van der Waals surface area contributed by atoms with Crippen molar-refractivity contribution in [3.8, 4) is 0 Å². The largest absolute Gasteiger partial charge is 0.390 e. The Morgan fingerprint density at radius 2 is 2.21 bits per heavy atom. The van der Waals surface area contributed by atoms with Crippen molar-refractivity contribution in [1.29, 1.82) is 0 Å². The third kappa shape index (κ3) is 1.93. The Hall–Kier alpha value is -0.540. The minimum Gasteiger partial charge on any atom is -0.390 e. The third-order valence-electron chi connectivity index (χ3n) is 2.63. The van der Waals surface area contributed by atoms with Crippen molar-refractivity contribution in [3.63, 3.8) is 0 Å². The maximum atomic E-state index is 13.5. The van der Waals surface area contributed by atoms with Crippen molar-refractivity contribution in [3.05, 3.63) is 29.6 Å². The molecule has 2 rings (SSSR count). The van der Waals surface area contributed by atoms with Crippen LogP contribution in [0.25, 0.3) is 0 Å². The summed E-state index contributed by atoms with van der Waals surface area (Å²) in [7, 11) is 0. The molecule has 0 saturated heterocycles. The summed E-state index contributed by atoms with van der Waals surface area (Å²) in [4.78, 5) is 0.935. The van der Waals surface area contributed by atoms with Gasteiger partial charge in [0.25, 0.3) is 0 Å². The lowest BCUT2D eigenvalue weighted by Crippen LogP contribution is -2.12. The lowest BCUT2D eigenvalue weighted by Gasteiger charge is -2.12. The summed E-state index contributed by atoms with van der Waals surface area (Å²) in [5.41, 5.74) is 0.0483. The van der Waals surface area contributed by atoms with Gasteiger partial charge in [-0.25, -0.2) is 4.39 Å². The number of benzene rings is 1. The molecule has 0 unspecified atom stereocenters. The lowest BCUT2D eigenvalue weighted by molar-refractivity contribution is 0.149. The molecule has 1 fully saturated rings. The van der Waals surface area contributed by atoms with E-state index in [2.05, 4.69) is 0 Å². The molecular formula is C11H13FOS. The van der Waals surface area contributed by atoms with Crippen LogP contribution < -0.4 is 0 Å². The van der Waals surface area contributed by atoms with Gasteiger partial charge >= 0.3 is 0 Å². The summed E-state index contributed by atoms with van der Waals surface area (Å²) < 4.78 is 13.5. The molecule has 0 radical (unpaired) electrons. The zero-order valence-corrected chi connectivity index (χ0v) is 8.90. The summed E-state index contributed by atoms with van der Waals surface area (Å²) in [6.07, 6.45) is 3.98. The third-order valence-corrected chi connectivity index (χ3v) is 3.45. The van der Waals surface area contributed by atoms with Crippen LogP contribution in [0, 0.1) is 5.82 Å². The summed E-state index contributed by atoms with van der Waals surface area (Å²) in [6, 6.07) is 5.07. The quantitative estimate of drug-likeness (QED) is 0.777. The second-order valence-corrected chi connectivity index (χ2v) is 4.67. The van der Waals surface area contributed by atoms with E-state index in [1.807, 2.05) is 12.3 Å². The predicted molar refractivity (Wildman–Crippen MR) is 56.1 cm³/mol. The molecule has 0 spiro atoms. The first kappa shape index (κ1) is 9.99. The second kappa shape index (κ2) is 3.55. The summed E-state index contributed by atoms with van der Waals surface area (Å²) in [5, 5.41) is 9.75. The van der Waals surface area contributed by atoms with E-state index in [0.29, 0.717) is 12.0 Å². The first-order chi connectivity index (χ1) is 6.64. The average molecular weight is 212 g/mol. The van der Waals surface area contributed by atoms with E-state index < -0.39 is 5.60 Å². The number of hydrogen-bond acceptors (Lipinski definition) is 2. The van der Waals surface area contributed by atoms with Gasteiger partial charge in [0.1, 0.15) is 5.82 Å². The SMILES string of the molecule is CSc1cccc(F)c1CC1(O)CC1. The number of rotatable bonds is 3. The molecule has 0 heterocycles. The van der Waals surface area contributed by atoms with Crippen LogP contribution in [-0.4, -0.2) is 17.0 Å². The predicted octanol–water partition coefficient (Wildman–Crippen LogP) is 2.62. The Morgan fingerprint density at radius 1 is 1.50 bits per heavy atom. The summed E-state index contributed by atoms with van der Waals surface area (Å²) in [5.74, 6) is -0.197. The number of aliphatic hydroxyl groups is 1. The number of thioether (sulfide) groups is 1. The topological polar surface area (TPSA) is 20.2 Å². The van der Waals surface area contributed by atoms with Crippen molar-refractivity contribution in [2.24, 2.45) is 0 Å². The van der Waals surface area contributed by atoms with E-state index in [1.54, 1.807) is 6.07 Å². The minimum absolute atomic E-state index is 0.197. The second-order valence-electron chi connectivity index (χ2n) is 3.82. The van der Waals surface area contributed by atoms with E-state index in [-0.39, 0.29) is 5.82 Å². The average Bonchev–Trinajstić information content (AvgIpc) is 2.88. The fourth-order valence-electron chi connectivity index (χ4n) is 1.55. The Bertz CT molecular complexity index is 347. The van der Waals surface area contributed by atoms with Gasteiger partial charge in [0.05, 0.1) is 5.60 Å². The van der Waals surface area contributed by atoms with Crippen molar-refractivity contribution < 1.29 is 9.50 Å². The van der Waals surface area contributed by atoms with Crippen LogP contribution in [0.5, 0.6) is 0 Å². The molecule has 14 heavy (non-hydrogen) atoms. The van der Waals surface area contributed by atoms with Crippen LogP contribution in [0.2, 0.25) is 0 Å². The van der Waals surface area contributed by atoms with Crippen LogP contribution in [-0.2, 0) is 6.42 Å². The van der Waals surface area contributed by atoms with Crippen molar-refractivity contribution in [2.75, 3.05) is 6.26 Å². The Kier molecular flexibility index (Phi) is 2.54. The van der Waals surface area contributed by atoms with Gasteiger partial charge in [0.2, 0.25) is 0 Å². The van der Waals surface area contributed by atoms with Gasteiger partial charge in [0, 0.05) is 16.9 Å². The number of halogens is 1. The molecule has 0 bridgehead atoms. The molecule has 0 aliphatic heterocycles. The molecule has 1 N–H and O–H groups in total. The maximum absolute atomic E-state index is 13.5. The molecule has 0 atom stereocenters. The smallest absolute Gasteiger partial charge is 0.127 e. The van der Waals surface area contributed by atoms with E-state index >= 15 is 0 Å². The zero-order valence-electron chi connectivity index (χ0n) is 8.09. The van der Waals surface area contributed by atoms with Gasteiger partial charge in [-0.15, -0.1) is 11.8 Å². The highest BCUT2D eigenvalue weighted by atomic mass is 32.2. The molecule has 1 aromatic carbocycles. The highest BCUT2D eigenvalue weighted by Crippen LogP contribution is 2.40. The van der Waals surface area contributed by atoms with Crippen molar-refractivity contribution in [1.82, 2.24) is 0 Å². The molecule has 0 amide bonds. The highest BCUT2D eigenvalue weighted by molar-refractivity contribution is 7.98. The Balaban J connectivity index is 2.29. The van der Waals surface area contributed by atoms with Gasteiger partial charge in [-0.2, -0.15) is 0 Å². The molecule has 76 valence electrons. The van der Waals surface area contributed by atoms with Gasteiger partial charge in [-0.05, 0) is 31.2 Å². The van der Waals surface area contributed by atoms with Crippen LogP contribution in [0.15, 0.2) is 23.1 Å². The molecule has 1 aromatic rings. The number of hydrogen-bond donors (Lipinski definition) is 1. The van der Waals surface area contributed by atoms with Gasteiger partial charge in [0.15, 0.2) is 0 Å². The molecule has 1 aliphatic carbocycles. The molecule has 1 aliphatic rings. The van der Waals surface area contributed by atoms with Crippen LogP contribution in [0.1, 0.15) is 18.4 Å². The van der Waals surface area contributed by atoms with E-state index in [9.17, 15) is 9.50 Å². The Morgan fingerprint density at radius 3 is 2.79 bits per heavy atom. The normalized spacial score (nSPS) is 18.2. The van der Waals surface area contributed by atoms with Gasteiger partial charge in [-0.1, -0.05) is 6.07 Å². The van der Waals surface area contributed by atoms with Crippen molar-refractivity contribution >= 4 is 11.8 Å². The summed E-state index contributed by atoms with van der Waals surface area (Å²) in [6.45, 7) is 0. The standard InChI is InChI=1S/C11H13FOS/c1-14-10-4-2-3-9(12)8(10)7-11(13)5-6-11/h2-4,13H,5-7H2,1H3. The first-order valence-corrected chi connectivity index (χ1v) is 5.91. The maximum Gasteiger partial charge on any atom is 0.127 e. The van der Waals surface area contributed by atoms with Crippen LogP contribution >= 0.6 is 11.8 Å². The highest BCUT2D eigenvalue weighted by Gasteiger charge is 2.41. The molecular weight excluding hydrogens is 199 g/mol. The Labute approximate surface area is 87.3 Å². The van der Waals surface area contributed by atoms with E-state index in [4.69, 9.17) is 0 Å². The molecule has 1 nitrogen and oxygen atoms in total. The summed E-state index contributed by atoms with van der Waals surface area (Å²) >= 11 is 1.53. The van der Waals surface area contributed by atoms with Gasteiger partial charge < -0.3 is 5.11 Å². The minimum atomic E-state index is -0.618. The molecule has 3 heteroatoms. The lowest BCUT2D eigenvalue weighted by atomic mass is 10.1. The van der Waals surface area contributed by atoms with Gasteiger partial charge in [-0.3, -0.25) is 0 Å². The van der Waals surface area contributed by atoms with E-state index in [0.717, 1.165) is 17.7 Å². The fourth-order valence-corrected chi connectivity index (χ4v) is 2.18. The first-order valence-electron chi connectivity index (χ1n) is 4.68. The fraction of sp³-hybridized carbons (Fsp3) is 0.455. The van der Waals surface area contributed by atoms with Crippen LogP contribution in [0.4, 0.5) is 4.39 Å². The van der Waals surface area contributed by atoms with Crippen LogP contribution in [0.3, 0.4) is 0 Å². The monoisotopic (exact) mass is 212 g/mol. The molecule has 0 aromatic heterocycles. The van der Waals surface area contributed by atoms with Crippen molar-refractivity contribution in [2.45, 2.75) is 29.8 Å². The zero-order chi connectivity index (χ0) is 10.2. The van der Waals surface area contributed by atoms with E-state index in [1.165, 1.54) is 17.8 Å². The molecule has 1 saturated carbocycles.